The third-order valence-electron chi connectivity index (χ3n) is 2.72. The summed E-state index contributed by atoms with van der Waals surface area (Å²) < 4.78 is 0. The summed E-state index contributed by atoms with van der Waals surface area (Å²) in [6, 6.07) is 0. The number of nitrogens with zero attached hydrogens (tertiary/aromatic N) is 2. The number of rotatable bonds is 2. The molecule has 0 spiro atoms. The van der Waals surface area contributed by atoms with E-state index in [0.29, 0.717) is 6.17 Å². The first-order chi connectivity index (χ1) is 5.74. The molecule has 1 rings (SSSR count). The molecule has 3 heteroatoms. The van der Waals surface area contributed by atoms with E-state index < -0.39 is 0 Å². The van der Waals surface area contributed by atoms with Crippen LogP contribution in [0.1, 0.15) is 13.3 Å². The van der Waals surface area contributed by atoms with E-state index in [-0.39, 0.29) is 0 Å². The second-order valence-corrected chi connectivity index (χ2v) is 3.66. The Morgan fingerprint density at radius 3 is 2.58 bits per heavy atom. The zero-order valence-electron chi connectivity index (χ0n) is 8.51. The molecule has 0 aromatic rings. The maximum absolute atomic E-state index is 3.28. The van der Waals surface area contributed by atoms with Crippen LogP contribution in [0, 0.1) is 0 Å². The van der Waals surface area contributed by atoms with Crippen molar-refractivity contribution in [2.75, 3.05) is 40.3 Å². The number of hydrogen-bond acceptors (Lipinski definition) is 3. The van der Waals surface area contributed by atoms with Crippen LogP contribution in [0.15, 0.2) is 0 Å². The molecule has 1 atom stereocenters. The fraction of sp³-hybridized carbons (Fsp3) is 1.00. The molecule has 0 aliphatic carbocycles. The average Bonchev–Trinajstić information content (AvgIpc) is 2.29. The lowest BCUT2D eigenvalue weighted by atomic mass is 10.3. The molecule has 1 fully saturated rings. The lowest BCUT2D eigenvalue weighted by Gasteiger charge is -2.26. The van der Waals surface area contributed by atoms with Crippen molar-refractivity contribution in [1.29, 1.82) is 0 Å². The van der Waals surface area contributed by atoms with E-state index >= 15 is 0 Å². The molecule has 0 aromatic carbocycles. The molecule has 12 heavy (non-hydrogen) atoms. The van der Waals surface area contributed by atoms with Gasteiger partial charge in [-0.3, -0.25) is 4.90 Å². The standard InChI is InChI=1S/C9H21N3/c1-9(10-2)12-6-4-5-11(3)7-8-12/h9-10H,4-8H2,1-3H3. The van der Waals surface area contributed by atoms with Crippen LogP contribution in [0.3, 0.4) is 0 Å². The van der Waals surface area contributed by atoms with Crippen molar-refractivity contribution in [3.63, 3.8) is 0 Å². The fourth-order valence-electron chi connectivity index (χ4n) is 1.64. The second kappa shape index (κ2) is 4.80. The van der Waals surface area contributed by atoms with Crippen molar-refractivity contribution < 1.29 is 0 Å². The molecule has 0 saturated carbocycles. The minimum Gasteiger partial charge on any atom is -0.305 e. The van der Waals surface area contributed by atoms with Gasteiger partial charge in [0.05, 0.1) is 6.17 Å². The van der Waals surface area contributed by atoms with Crippen LogP contribution in [-0.2, 0) is 0 Å². The Morgan fingerprint density at radius 1 is 1.17 bits per heavy atom. The minimum absolute atomic E-state index is 0.525. The molecule has 1 saturated heterocycles. The summed E-state index contributed by atoms with van der Waals surface area (Å²) >= 11 is 0. The summed E-state index contributed by atoms with van der Waals surface area (Å²) in [5.41, 5.74) is 0. The third kappa shape index (κ3) is 2.73. The Hall–Kier alpha value is -0.120. The van der Waals surface area contributed by atoms with E-state index in [9.17, 15) is 0 Å². The molecule has 0 amide bonds. The maximum Gasteiger partial charge on any atom is 0.0566 e. The molecular formula is C9H21N3. The van der Waals surface area contributed by atoms with Gasteiger partial charge in [-0.05, 0) is 34.0 Å². The summed E-state index contributed by atoms with van der Waals surface area (Å²) in [6.07, 6.45) is 1.82. The Labute approximate surface area is 75.7 Å². The zero-order valence-corrected chi connectivity index (χ0v) is 8.51. The quantitative estimate of drug-likeness (QED) is 0.640. The molecule has 1 unspecified atom stereocenters. The number of hydrogen-bond donors (Lipinski definition) is 1. The van der Waals surface area contributed by atoms with Crippen LogP contribution in [0.2, 0.25) is 0 Å². The van der Waals surface area contributed by atoms with Gasteiger partial charge in [0, 0.05) is 19.6 Å². The molecular weight excluding hydrogens is 150 g/mol. The highest BCUT2D eigenvalue weighted by atomic mass is 15.3. The highest BCUT2D eigenvalue weighted by molar-refractivity contribution is 4.70. The highest BCUT2D eigenvalue weighted by Gasteiger charge is 2.15. The lowest BCUT2D eigenvalue weighted by molar-refractivity contribution is 0.192. The molecule has 1 aliphatic rings. The van der Waals surface area contributed by atoms with Crippen molar-refractivity contribution in [1.82, 2.24) is 15.1 Å². The van der Waals surface area contributed by atoms with Gasteiger partial charge in [-0.25, -0.2) is 0 Å². The normalized spacial score (nSPS) is 25.2. The van der Waals surface area contributed by atoms with Gasteiger partial charge in [0.1, 0.15) is 0 Å². The van der Waals surface area contributed by atoms with E-state index in [1.54, 1.807) is 0 Å². The first-order valence-corrected chi connectivity index (χ1v) is 4.84. The van der Waals surface area contributed by atoms with E-state index in [2.05, 4.69) is 29.1 Å². The van der Waals surface area contributed by atoms with Gasteiger partial charge >= 0.3 is 0 Å². The van der Waals surface area contributed by atoms with Gasteiger partial charge < -0.3 is 10.2 Å². The molecule has 3 nitrogen and oxygen atoms in total. The largest absolute Gasteiger partial charge is 0.305 e. The summed E-state index contributed by atoms with van der Waals surface area (Å²) in [7, 11) is 4.23. The van der Waals surface area contributed by atoms with Crippen LogP contribution < -0.4 is 5.32 Å². The smallest absolute Gasteiger partial charge is 0.0566 e. The van der Waals surface area contributed by atoms with E-state index in [0.717, 1.165) is 0 Å². The predicted octanol–water partition coefficient (Wildman–Crippen LogP) is 0.189. The summed E-state index contributed by atoms with van der Waals surface area (Å²) in [6.45, 7) is 7.09. The molecule has 1 aliphatic heterocycles. The van der Waals surface area contributed by atoms with Crippen LogP contribution in [-0.4, -0.2) is 56.2 Å². The fourth-order valence-corrected chi connectivity index (χ4v) is 1.64. The maximum atomic E-state index is 3.28. The van der Waals surface area contributed by atoms with Crippen LogP contribution in [0.4, 0.5) is 0 Å². The van der Waals surface area contributed by atoms with Crippen molar-refractivity contribution >= 4 is 0 Å². The number of nitrogens with one attached hydrogen (secondary N) is 1. The van der Waals surface area contributed by atoms with E-state index in [4.69, 9.17) is 0 Å². The topological polar surface area (TPSA) is 18.5 Å². The van der Waals surface area contributed by atoms with Crippen LogP contribution in [0.5, 0.6) is 0 Å². The molecule has 1 heterocycles. The molecule has 0 bridgehead atoms. The van der Waals surface area contributed by atoms with Crippen molar-refractivity contribution in [2.24, 2.45) is 0 Å². The van der Waals surface area contributed by atoms with Crippen LogP contribution in [0.25, 0.3) is 0 Å². The zero-order chi connectivity index (χ0) is 8.97. The SMILES string of the molecule is CNC(C)N1CCCN(C)CC1. The van der Waals surface area contributed by atoms with Gasteiger partial charge in [-0.15, -0.1) is 0 Å². The Balaban J connectivity index is 2.35. The average molecular weight is 171 g/mol. The predicted molar refractivity (Wildman–Crippen MR) is 52.2 cm³/mol. The van der Waals surface area contributed by atoms with Gasteiger partial charge in [0.25, 0.3) is 0 Å². The number of likely N-dealkylation sites (N-methyl/N-ethyl adjacent to an activating group) is 1. The van der Waals surface area contributed by atoms with Gasteiger partial charge in [-0.1, -0.05) is 0 Å². The monoisotopic (exact) mass is 171 g/mol. The van der Waals surface area contributed by atoms with Crippen LogP contribution >= 0.6 is 0 Å². The molecule has 72 valence electrons. The first kappa shape index (κ1) is 9.96. The van der Waals surface area contributed by atoms with Gasteiger partial charge in [0.15, 0.2) is 0 Å². The Morgan fingerprint density at radius 2 is 1.92 bits per heavy atom. The summed E-state index contributed by atoms with van der Waals surface area (Å²) in [4.78, 5) is 4.91. The van der Waals surface area contributed by atoms with Crippen molar-refractivity contribution in [3.8, 4) is 0 Å². The minimum atomic E-state index is 0.525. The third-order valence-corrected chi connectivity index (χ3v) is 2.72. The summed E-state index contributed by atoms with van der Waals surface area (Å²) in [5.74, 6) is 0. The molecule has 0 radical (unpaired) electrons. The van der Waals surface area contributed by atoms with Gasteiger partial charge in [0.2, 0.25) is 0 Å². The first-order valence-electron chi connectivity index (χ1n) is 4.84. The van der Waals surface area contributed by atoms with E-state index in [1.165, 1.54) is 32.6 Å². The highest BCUT2D eigenvalue weighted by Crippen LogP contribution is 2.03. The Kier molecular flexibility index (Phi) is 3.98. The van der Waals surface area contributed by atoms with Crippen molar-refractivity contribution in [2.45, 2.75) is 19.5 Å². The van der Waals surface area contributed by atoms with Gasteiger partial charge in [-0.2, -0.15) is 0 Å². The lowest BCUT2D eigenvalue weighted by Crippen LogP contribution is -2.43. The summed E-state index contributed by atoms with van der Waals surface area (Å²) in [5, 5.41) is 3.28. The second-order valence-electron chi connectivity index (χ2n) is 3.66. The van der Waals surface area contributed by atoms with Crippen molar-refractivity contribution in [3.05, 3.63) is 0 Å². The molecule has 0 aromatic heterocycles. The Bertz CT molecular complexity index is 127. The van der Waals surface area contributed by atoms with E-state index in [1.807, 2.05) is 7.05 Å². The molecule has 1 N–H and O–H groups in total.